The topological polar surface area (TPSA) is 6.48 Å². The maximum Gasteiger partial charge on any atom is 0.0623 e. The Morgan fingerprint density at radius 1 is 0.611 bits per heavy atom. The van der Waals surface area contributed by atoms with Crippen molar-refractivity contribution >= 4 is 0 Å². The molecule has 0 bridgehead atoms. The number of hydrogen-bond acceptors (Lipinski definition) is 2. The van der Waals surface area contributed by atoms with E-state index in [4.69, 9.17) is 0 Å². The highest BCUT2D eigenvalue weighted by molar-refractivity contribution is 5.48. The van der Waals surface area contributed by atoms with Crippen LogP contribution in [0.2, 0.25) is 0 Å². The lowest BCUT2D eigenvalue weighted by Gasteiger charge is -2.43. The number of fused-ring (bicyclic) bond motifs is 3. The number of nitrogens with zero attached hydrogens (tertiary/aromatic N) is 2. The molecule has 276 valence electrons. The standard InChI is InChI=1S/C52H58N2/c1-2-13-37(14-3-1)38-25-31-42(32-26-38)53(43-33-27-40(28-34-43)46-21-12-16-39-15-4-5-17-45(39)46)44-35-29-41(30-36-44)47-18-6-9-22-50(47)54-51-23-10-7-19-48(51)49-20-8-11-24-52(49)54/h1-2,5-10,13,17,19-20,22-23,25,27,29,31,33-35,39-41,44,47-48,51H,3-4,11-12,14-16,18,21,24,26,28,30,32,36H2. The van der Waals surface area contributed by atoms with Crippen molar-refractivity contribution in [3.05, 3.63) is 178 Å². The number of rotatable bonds is 7. The van der Waals surface area contributed by atoms with Crippen LogP contribution in [-0.4, -0.2) is 21.9 Å². The molecule has 7 unspecified atom stereocenters. The van der Waals surface area contributed by atoms with Crippen LogP contribution in [0.15, 0.2) is 178 Å². The molecule has 0 aromatic carbocycles. The van der Waals surface area contributed by atoms with Gasteiger partial charge in [-0.1, -0.05) is 115 Å². The Morgan fingerprint density at radius 2 is 1.50 bits per heavy atom. The van der Waals surface area contributed by atoms with E-state index < -0.39 is 0 Å². The Kier molecular flexibility index (Phi) is 9.56. The van der Waals surface area contributed by atoms with Gasteiger partial charge in [0.1, 0.15) is 0 Å². The van der Waals surface area contributed by atoms with Crippen LogP contribution in [0.25, 0.3) is 0 Å². The fourth-order valence-corrected chi connectivity index (χ4v) is 11.7. The van der Waals surface area contributed by atoms with Gasteiger partial charge < -0.3 is 9.80 Å². The van der Waals surface area contributed by atoms with Crippen LogP contribution in [0.1, 0.15) is 96.3 Å². The minimum Gasteiger partial charge on any atom is -0.340 e. The van der Waals surface area contributed by atoms with Gasteiger partial charge in [-0.05, 0) is 149 Å². The molecule has 0 amide bonds. The molecule has 10 aliphatic rings. The van der Waals surface area contributed by atoms with Gasteiger partial charge in [-0.3, -0.25) is 0 Å². The Balaban J connectivity index is 0.926. The molecule has 0 N–H and O–H groups in total. The molecule has 9 aliphatic carbocycles. The summed E-state index contributed by atoms with van der Waals surface area (Å²) in [6.07, 6.45) is 69.5. The summed E-state index contributed by atoms with van der Waals surface area (Å²) < 4.78 is 0. The lowest BCUT2D eigenvalue weighted by Crippen LogP contribution is -2.39. The lowest BCUT2D eigenvalue weighted by molar-refractivity contribution is 0.251. The third-order valence-electron chi connectivity index (χ3n) is 14.4. The average Bonchev–Trinajstić information content (AvgIpc) is 3.59. The molecule has 54 heavy (non-hydrogen) atoms. The summed E-state index contributed by atoms with van der Waals surface area (Å²) in [7, 11) is 0. The van der Waals surface area contributed by atoms with Gasteiger partial charge >= 0.3 is 0 Å². The Hall–Kier alpha value is -4.30. The largest absolute Gasteiger partial charge is 0.340 e. The van der Waals surface area contributed by atoms with Crippen LogP contribution < -0.4 is 0 Å². The fourth-order valence-electron chi connectivity index (χ4n) is 11.7. The second kappa shape index (κ2) is 15.1. The van der Waals surface area contributed by atoms with E-state index in [9.17, 15) is 0 Å². The smallest absolute Gasteiger partial charge is 0.0623 e. The third-order valence-corrected chi connectivity index (χ3v) is 14.4. The van der Waals surface area contributed by atoms with Gasteiger partial charge in [-0.15, -0.1) is 0 Å². The molecule has 0 spiro atoms. The maximum atomic E-state index is 2.78. The highest BCUT2D eigenvalue weighted by Gasteiger charge is 2.43. The second-order valence-corrected chi connectivity index (χ2v) is 17.3. The van der Waals surface area contributed by atoms with Crippen molar-refractivity contribution in [3.63, 3.8) is 0 Å². The van der Waals surface area contributed by atoms with Gasteiger partial charge in [0, 0.05) is 40.5 Å². The van der Waals surface area contributed by atoms with Gasteiger partial charge in [0.25, 0.3) is 0 Å². The van der Waals surface area contributed by atoms with Crippen LogP contribution in [0.4, 0.5) is 0 Å². The summed E-state index contributed by atoms with van der Waals surface area (Å²) in [5.41, 5.74) is 14.1. The maximum absolute atomic E-state index is 2.78. The lowest BCUT2D eigenvalue weighted by atomic mass is 9.73. The molecule has 2 heteroatoms. The highest BCUT2D eigenvalue weighted by Crippen LogP contribution is 2.49. The normalized spacial score (nSPS) is 33.9. The quantitative estimate of drug-likeness (QED) is 0.243. The molecule has 0 radical (unpaired) electrons. The first-order chi connectivity index (χ1) is 26.8. The molecule has 7 atom stereocenters. The predicted octanol–water partition coefficient (Wildman–Crippen LogP) is 12.9. The van der Waals surface area contributed by atoms with Gasteiger partial charge in [0.2, 0.25) is 0 Å². The molecular weight excluding hydrogens is 653 g/mol. The summed E-state index contributed by atoms with van der Waals surface area (Å²) in [4.78, 5) is 5.54. The molecule has 0 fully saturated rings. The zero-order chi connectivity index (χ0) is 35.8. The van der Waals surface area contributed by atoms with E-state index in [1.807, 2.05) is 0 Å². The zero-order valence-corrected chi connectivity index (χ0v) is 32.2. The van der Waals surface area contributed by atoms with Crippen molar-refractivity contribution < 1.29 is 0 Å². The molecule has 0 aromatic heterocycles. The van der Waals surface area contributed by atoms with Crippen molar-refractivity contribution in [1.29, 1.82) is 0 Å². The molecular formula is C52H58N2. The van der Waals surface area contributed by atoms with Gasteiger partial charge in [0.15, 0.2) is 0 Å². The molecule has 0 saturated carbocycles. The Morgan fingerprint density at radius 3 is 2.35 bits per heavy atom. The minimum absolute atomic E-state index is 0.390. The van der Waals surface area contributed by atoms with E-state index in [2.05, 4.69) is 137 Å². The molecule has 0 aromatic rings. The van der Waals surface area contributed by atoms with E-state index in [0.29, 0.717) is 35.8 Å². The molecule has 10 rings (SSSR count). The van der Waals surface area contributed by atoms with Gasteiger partial charge in [-0.25, -0.2) is 0 Å². The van der Waals surface area contributed by atoms with Crippen molar-refractivity contribution in [2.75, 3.05) is 0 Å². The first-order valence-corrected chi connectivity index (χ1v) is 21.7. The predicted molar refractivity (Wildman–Crippen MR) is 226 cm³/mol. The summed E-state index contributed by atoms with van der Waals surface area (Å²) in [5.74, 6) is 2.91. The van der Waals surface area contributed by atoms with E-state index in [0.717, 1.165) is 44.4 Å². The van der Waals surface area contributed by atoms with E-state index in [-0.39, 0.29) is 0 Å². The monoisotopic (exact) mass is 710 g/mol. The number of hydrogen-bond donors (Lipinski definition) is 0. The van der Waals surface area contributed by atoms with Gasteiger partial charge in [-0.2, -0.15) is 0 Å². The van der Waals surface area contributed by atoms with Crippen molar-refractivity contribution in [2.45, 2.75) is 108 Å². The van der Waals surface area contributed by atoms with E-state index >= 15 is 0 Å². The summed E-state index contributed by atoms with van der Waals surface area (Å²) in [6, 6.07) is 0.801. The van der Waals surface area contributed by atoms with E-state index in [1.54, 1.807) is 33.7 Å². The second-order valence-electron chi connectivity index (χ2n) is 17.3. The minimum atomic E-state index is 0.390. The van der Waals surface area contributed by atoms with Crippen molar-refractivity contribution in [2.24, 2.45) is 29.6 Å². The fraction of sp³-hybridized carbons (Fsp3) is 0.423. The van der Waals surface area contributed by atoms with Crippen LogP contribution in [0, 0.1) is 29.6 Å². The van der Waals surface area contributed by atoms with Crippen LogP contribution in [-0.2, 0) is 0 Å². The summed E-state index contributed by atoms with van der Waals surface area (Å²) in [5, 5.41) is 0. The summed E-state index contributed by atoms with van der Waals surface area (Å²) in [6.45, 7) is 0. The molecule has 1 heterocycles. The first-order valence-electron chi connectivity index (χ1n) is 21.7. The molecule has 2 nitrogen and oxygen atoms in total. The zero-order valence-electron chi connectivity index (χ0n) is 32.2. The van der Waals surface area contributed by atoms with Crippen LogP contribution in [0.5, 0.6) is 0 Å². The number of allylic oxidation sites excluding steroid dienone is 25. The average molecular weight is 711 g/mol. The highest BCUT2D eigenvalue weighted by atomic mass is 15.2. The first kappa shape index (κ1) is 34.2. The molecule has 1 aliphatic heterocycles. The van der Waals surface area contributed by atoms with E-state index in [1.165, 1.54) is 74.8 Å². The van der Waals surface area contributed by atoms with Crippen molar-refractivity contribution in [1.82, 2.24) is 9.80 Å². The van der Waals surface area contributed by atoms with Crippen LogP contribution in [0.3, 0.4) is 0 Å². The van der Waals surface area contributed by atoms with Crippen LogP contribution >= 0.6 is 0 Å². The van der Waals surface area contributed by atoms with Gasteiger partial charge in [0.05, 0.1) is 12.1 Å². The summed E-state index contributed by atoms with van der Waals surface area (Å²) >= 11 is 0. The Bertz CT molecular complexity index is 2000. The third kappa shape index (κ3) is 6.38. The SMILES string of the molecule is C1=CCCC(C2=CC=C(N(C3=CCC(C4=C5C=CCCC5CCC4)C=C3)C3C=CC(C4CC=CC=C4N4C5=C(C=CCC5)C5C=CC=CC54)CC3)CC2)=C1. The Labute approximate surface area is 324 Å². The van der Waals surface area contributed by atoms with Crippen molar-refractivity contribution in [3.8, 4) is 0 Å². The molecule has 0 saturated heterocycles.